The van der Waals surface area contributed by atoms with E-state index in [2.05, 4.69) is 11.9 Å². The quantitative estimate of drug-likeness (QED) is 0.619. The Hall–Kier alpha value is -2.58. The van der Waals surface area contributed by atoms with Crippen molar-refractivity contribution in [2.45, 2.75) is 23.7 Å². The molecule has 3 heterocycles. The molecule has 2 aromatic carbocycles. The number of halogens is 1. The van der Waals surface area contributed by atoms with Crippen LogP contribution in [0.25, 0.3) is 10.9 Å². The topological polar surface area (TPSA) is 54.8 Å². The molecule has 8 heteroatoms. The lowest BCUT2D eigenvalue weighted by molar-refractivity contribution is 0.256. The van der Waals surface area contributed by atoms with Crippen molar-refractivity contribution in [2.75, 3.05) is 45.2 Å². The molecule has 164 valence electrons. The molecule has 6 nitrogen and oxygen atoms in total. The molecule has 0 radical (unpaired) electrons. The van der Waals surface area contributed by atoms with Crippen LogP contribution in [-0.2, 0) is 10.0 Å². The van der Waals surface area contributed by atoms with Crippen LogP contribution in [0.3, 0.4) is 0 Å². The predicted molar refractivity (Wildman–Crippen MR) is 119 cm³/mol. The van der Waals surface area contributed by atoms with Gasteiger partial charge in [-0.05, 0) is 74.8 Å². The Morgan fingerprint density at radius 3 is 2.58 bits per heavy atom. The zero-order valence-corrected chi connectivity index (χ0v) is 18.5. The van der Waals surface area contributed by atoms with E-state index in [1.807, 2.05) is 11.9 Å². The van der Waals surface area contributed by atoms with Crippen molar-refractivity contribution in [3.8, 4) is 5.75 Å². The van der Waals surface area contributed by atoms with Gasteiger partial charge in [-0.25, -0.2) is 16.8 Å². The summed E-state index contributed by atoms with van der Waals surface area (Å²) in [6, 6.07) is 9.32. The van der Waals surface area contributed by atoms with Crippen molar-refractivity contribution in [2.24, 2.45) is 0 Å². The van der Waals surface area contributed by atoms with Crippen LogP contribution in [0.1, 0.15) is 24.3 Å². The third-order valence-corrected chi connectivity index (χ3v) is 8.18. The Morgan fingerprint density at radius 1 is 1.03 bits per heavy atom. The number of piperidine rings is 1. The van der Waals surface area contributed by atoms with Gasteiger partial charge >= 0.3 is 0 Å². The summed E-state index contributed by atoms with van der Waals surface area (Å²) in [4.78, 5) is 4.47. The van der Waals surface area contributed by atoms with Crippen molar-refractivity contribution in [1.82, 2.24) is 8.87 Å². The first-order valence-corrected chi connectivity index (χ1v) is 12.0. The Kier molecular flexibility index (Phi) is 4.94. The Morgan fingerprint density at radius 2 is 1.81 bits per heavy atom. The number of ether oxygens (including phenoxy) is 1. The summed E-state index contributed by atoms with van der Waals surface area (Å²) in [5, 5.41) is 0.673. The molecule has 0 bridgehead atoms. The average Bonchev–Trinajstić information content (AvgIpc) is 3.13. The van der Waals surface area contributed by atoms with Crippen molar-refractivity contribution >= 4 is 26.6 Å². The van der Waals surface area contributed by atoms with Gasteiger partial charge in [0.25, 0.3) is 10.0 Å². The number of likely N-dealkylation sites (tertiary alicyclic amines) is 1. The SMILES string of the molecule is CN1CCC(c2cn(S(=O)(=O)c3ccc4c(c3)OCCN4C)c3ccc(F)cc23)CC1. The minimum atomic E-state index is -3.87. The number of anilines is 1. The van der Waals surface area contributed by atoms with Crippen LogP contribution in [0.4, 0.5) is 10.1 Å². The van der Waals surface area contributed by atoms with E-state index in [4.69, 9.17) is 4.74 Å². The summed E-state index contributed by atoms with van der Waals surface area (Å²) in [6.07, 6.45) is 3.54. The lowest BCUT2D eigenvalue weighted by Gasteiger charge is -2.28. The van der Waals surface area contributed by atoms with Gasteiger partial charge in [-0.1, -0.05) is 0 Å². The van der Waals surface area contributed by atoms with E-state index in [9.17, 15) is 12.8 Å². The minimum absolute atomic E-state index is 0.165. The number of hydrogen-bond acceptors (Lipinski definition) is 5. The van der Waals surface area contributed by atoms with E-state index in [1.54, 1.807) is 30.5 Å². The smallest absolute Gasteiger partial charge is 0.268 e. The molecule has 0 aliphatic carbocycles. The van der Waals surface area contributed by atoms with Crippen LogP contribution in [0.5, 0.6) is 5.75 Å². The third-order valence-electron chi connectivity index (χ3n) is 6.51. The van der Waals surface area contributed by atoms with Gasteiger partial charge in [0.15, 0.2) is 0 Å². The van der Waals surface area contributed by atoms with Crippen molar-refractivity contribution < 1.29 is 17.5 Å². The second-order valence-electron chi connectivity index (χ2n) is 8.52. The largest absolute Gasteiger partial charge is 0.490 e. The van der Waals surface area contributed by atoms with Crippen LogP contribution in [0.2, 0.25) is 0 Å². The first-order valence-electron chi connectivity index (χ1n) is 10.6. The molecule has 0 spiro atoms. The number of rotatable bonds is 3. The number of nitrogens with zero attached hydrogens (tertiary/aromatic N) is 3. The summed E-state index contributed by atoms with van der Waals surface area (Å²) in [5.41, 5.74) is 2.28. The summed E-state index contributed by atoms with van der Waals surface area (Å²) in [7, 11) is 0.166. The van der Waals surface area contributed by atoms with Gasteiger partial charge in [-0.3, -0.25) is 0 Å². The van der Waals surface area contributed by atoms with E-state index in [0.717, 1.165) is 43.7 Å². The predicted octanol–water partition coefficient (Wildman–Crippen LogP) is 3.66. The van der Waals surface area contributed by atoms with E-state index < -0.39 is 10.0 Å². The minimum Gasteiger partial charge on any atom is -0.490 e. The van der Waals surface area contributed by atoms with Crippen LogP contribution < -0.4 is 9.64 Å². The number of likely N-dealkylation sites (N-methyl/N-ethyl adjacent to an activating group) is 1. The first-order chi connectivity index (χ1) is 14.8. The number of benzene rings is 2. The van der Waals surface area contributed by atoms with Crippen molar-refractivity contribution in [3.05, 3.63) is 54.0 Å². The zero-order chi connectivity index (χ0) is 21.8. The number of hydrogen-bond donors (Lipinski definition) is 0. The third kappa shape index (κ3) is 3.47. The van der Waals surface area contributed by atoms with E-state index in [1.165, 1.54) is 16.1 Å². The average molecular weight is 444 g/mol. The van der Waals surface area contributed by atoms with Gasteiger partial charge in [-0.2, -0.15) is 0 Å². The van der Waals surface area contributed by atoms with E-state index >= 15 is 0 Å². The van der Waals surface area contributed by atoms with Crippen LogP contribution in [0.15, 0.2) is 47.5 Å². The number of fused-ring (bicyclic) bond motifs is 2. The highest BCUT2D eigenvalue weighted by Gasteiger charge is 2.28. The summed E-state index contributed by atoms with van der Waals surface area (Å²) >= 11 is 0. The fraction of sp³-hybridized carbons (Fsp3) is 0.391. The summed E-state index contributed by atoms with van der Waals surface area (Å²) in [6.45, 7) is 3.15. The second kappa shape index (κ2) is 7.53. The monoisotopic (exact) mass is 443 g/mol. The molecule has 0 saturated carbocycles. The van der Waals surface area contributed by atoms with Crippen LogP contribution in [-0.4, -0.2) is 57.6 Å². The van der Waals surface area contributed by atoms with Gasteiger partial charge < -0.3 is 14.5 Å². The maximum atomic E-state index is 14.1. The van der Waals surface area contributed by atoms with Crippen LogP contribution >= 0.6 is 0 Å². The van der Waals surface area contributed by atoms with Gasteiger partial charge in [0.2, 0.25) is 0 Å². The highest BCUT2D eigenvalue weighted by atomic mass is 32.2. The molecule has 0 N–H and O–H groups in total. The summed E-state index contributed by atoms with van der Waals surface area (Å²) < 4.78 is 48.4. The highest BCUT2D eigenvalue weighted by Crippen LogP contribution is 2.38. The first kappa shape index (κ1) is 20.3. The Labute approximate surface area is 181 Å². The molecule has 0 amide bonds. The maximum Gasteiger partial charge on any atom is 0.268 e. The van der Waals surface area contributed by atoms with E-state index in [-0.39, 0.29) is 16.6 Å². The molecule has 3 aromatic rings. The lowest BCUT2D eigenvalue weighted by Crippen LogP contribution is -2.29. The molecule has 2 aliphatic heterocycles. The highest BCUT2D eigenvalue weighted by molar-refractivity contribution is 7.90. The second-order valence-corrected chi connectivity index (χ2v) is 10.3. The van der Waals surface area contributed by atoms with Crippen molar-refractivity contribution in [1.29, 1.82) is 0 Å². The fourth-order valence-electron chi connectivity index (χ4n) is 4.65. The molecule has 1 fully saturated rings. The number of aromatic nitrogens is 1. The molecular formula is C23H26FN3O3S. The van der Waals surface area contributed by atoms with E-state index in [0.29, 0.717) is 23.3 Å². The van der Waals surface area contributed by atoms with Gasteiger partial charge in [-0.15, -0.1) is 0 Å². The summed E-state index contributed by atoms with van der Waals surface area (Å²) in [5.74, 6) is 0.410. The Balaban J connectivity index is 1.63. The van der Waals surface area contributed by atoms with Crippen LogP contribution in [0, 0.1) is 5.82 Å². The standard InChI is InChI=1S/C23H26FN3O3S/c1-25-9-7-16(8-10-25)20-15-27(21-5-3-17(24)13-19(20)21)31(28,29)18-4-6-22-23(14-18)30-12-11-26(22)2/h3-6,13-16H,7-12H2,1-2H3. The molecule has 31 heavy (non-hydrogen) atoms. The molecule has 0 atom stereocenters. The molecule has 2 aliphatic rings. The molecule has 0 unspecified atom stereocenters. The fourth-order valence-corrected chi connectivity index (χ4v) is 6.05. The van der Waals surface area contributed by atoms with Gasteiger partial charge in [0.05, 0.1) is 22.6 Å². The molecule has 1 aromatic heterocycles. The normalized spacial score (nSPS) is 18.2. The molecular weight excluding hydrogens is 417 g/mol. The van der Waals surface area contributed by atoms with Crippen molar-refractivity contribution in [3.63, 3.8) is 0 Å². The molecule has 5 rings (SSSR count). The van der Waals surface area contributed by atoms with Gasteiger partial charge in [0, 0.05) is 24.7 Å². The lowest BCUT2D eigenvalue weighted by atomic mass is 9.89. The zero-order valence-electron chi connectivity index (χ0n) is 17.7. The maximum absolute atomic E-state index is 14.1. The Bertz CT molecular complexity index is 1250. The van der Waals surface area contributed by atoms with Gasteiger partial charge in [0.1, 0.15) is 18.2 Å². The molecule has 1 saturated heterocycles.